The van der Waals surface area contributed by atoms with Gasteiger partial charge in [0.1, 0.15) is 12.4 Å². The fourth-order valence-corrected chi connectivity index (χ4v) is 5.09. The van der Waals surface area contributed by atoms with E-state index in [1.165, 1.54) is 17.5 Å². The van der Waals surface area contributed by atoms with Crippen molar-refractivity contribution in [3.63, 3.8) is 0 Å². The molecule has 0 saturated heterocycles. The molecule has 0 unspecified atom stereocenters. The maximum absolute atomic E-state index is 12.6. The van der Waals surface area contributed by atoms with E-state index in [0.29, 0.717) is 36.1 Å². The van der Waals surface area contributed by atoms with Crippen LogP contribution in [0.4, 0.5) is 10.5 Å². The van der Waals surface area contributed by atoms with Crippen molar-refractivity contribution in [2.24, 2.45) is 5.92 Å². The summed E-state index contributed by atoms with van der Waals surface area (Å²) in [6.07, 6.45) is 2.85. The van der Waals surface area contributed by atoms with Crippen LogP contribution in [-0.4, -0.2) is 36.9 Å². The lowest BCUT2D eigenvalue weighted by molar-refractivity contribution is 0.0955. The first-order valence-electron chi connectivity index (χ1n) is 13.0. The number of anilines is 1. The predicted octanol–water partition coefficient (Wildman–Crippen LogP) is 5.85. The highest BCUT2D eigenvalue weighted by Crippen LogP contribution is 2.44. The SMILES string of the molecule is CCNC(=O)c1ccc(NC(=S)NC(=O)OCC2c3ccccc3-c3ccccc32)c(OCC2CCC2)c1. The van der Waals surface area contributed by atoms with Gasteiger partial charge in [0.25, 0.3) is 5.91 Å². The Balaban J connectivity index is 1.21. The Morgan fingerprint density at radius 3 is 2.26 bits per heavy atom. The third-order valence-electron chi connectivity index (χ3n) is 7.09. The molecule has 0 heterocycles. The average Bonchev–Trinajstić information content (AvgIpc) is 3.21. The molecule has 0 bridgehead atoms. The molecule has 3 aromatic carbocycles. The highest BCUT2D eigenvalue weighted by Gasteiger charge is 2.29. The number of nitrogens with one attached hydrogen (secondary N) is 3. The van der Waals surface area contributed by atoms with Gasteiger partial charge in [-0.3, -0.25) is 10.1 Å². The van der Waals surface area contributed by atoms with Crippen molar-refractivity contribution < 1.29 is 19.1 Å². The summed E-state index contributed by atoms with van der Waals surface area (Å²) in [5.74, 6) is 0.814. The third-order valence-corrected chi connectivity index (χ3v) is 7.29. The van der Waals surface area contributed by atoms with E-state index in [0.717, 1.165) is 24.0 Å². The smallest absolute Gasteiger partial charge is 0.413 e. The molecule has 2 aliphatic rings. The van der Waals surface area contributed by atoms with Crippen LogP contribution in [0.3, 0.4) is 0 Å². The number of alkyl carbamates (subject to hydrolysis) is 1. The first-order valence-corrected chi connectivity index (χ1v) is 13.4. The first kappa shape index (κ1) is 25.7. The van der Waals surface area contributed by atoms with Crippen LogP contribution in [0.5, 0.6) is 5.75 Å². The maximum atomic E-state index is 12.6. The molecular weight excluding hydrogens is 498 g/mol. The lowest BCUT2D eigenvalue weighted by Gasteiger charge is -2.26. The molecule has 0 aliphatic heterocycles. The van der Waals surface area contributed by atoms with E-state index in [1.54, 1.807) is 18.2 Å². The molecule has 5 rings (SSSR count). The van der Waals surface area contributed by atoms with Gasteiger partial charge in [0.15, 0.2) is 5.11 Å². The lowest BCUT2D eigenvalue weighted by atomic mass is 9.86. The van der Waals surface area contributed by atoms with E-state index in [2.05, 4.69) is 40.2 Å². The van der Waals surface area contributed by atoms with Crippen molar-refractivity contribution in [3.8, 4) is 16.9 Å². The summed E-state index contributed by atoms with van der Waals surface area (Å²) in [6, 6.07) is 21.5. The summed E-state index contributed by atoms with van der Waals surface area (Å²) < 4.78 is 11.6. The topological polar surface area (TPSA) is 88.7 Å². The van der Waals surface area contributed by atoms with Gasteiger partial charge in [-0.2, -0.15) is 0 Å². The average molecular weight is 530 g/mol. The zero-order valence-corrected chi connectivity index (χ0v) is 22.1. The number of rotatable bonds is 8. The van der Waals surface area contributed by atoms with Crippen LogP contribution in [0, 0.1) is 5.92 Å². The van der Waals surface area contributed by atoms with Crippen LogP contribution in [-0.2, 0) is 4.74 Å². The number of hydrogen-bond acceptors (Lipinski definition) is 5. The fourth-order valence-electron chi connectivity index (χ4n) is 4.90. The highest BCUT2D eigenvalue weighted by atomic mass is 32.1. The minimum Gasteiger partial charge on any atom is -0.491 e. The van der Waals surface area contributed by atoms with Gasteiger partial charge >= 0.3 is 6.09 Å². The second-order valence-electron chi connectivity index (χ2n) is 9.58. The third kappa shape index (κ3) is 5.65. The molecule has 196 valence electrons. The lowest BCUT2D eigenvalue weighted by Crippen LogP contribution is -2.35. The maximum Gasteiger partial charge on any atom is 0.413 e. The second-order valence-corrected chi connectivity index (χ2v) is 9.99. The Labute approximate surface area is 227 Å². The monoisotopic (exact) mass is 529 g/mol. The number of thiocarbonyl (C=S) groups is 1. The summed E-state index contributed by atoms with van der Waals surface area (Å²) in [6.45, 7) is 3.17. The van der Waals surface area contributed by atoms with Crippen LogP contribution in [0.15, 0.2) is 66.7 Å². The number of hydrogen-bond donors (Lipinski definition) is 3. The quantitative estimate of drug-likeness (QED) is 0.317. The molecule has 0 radical (unpaired) electrons. The molecular formula is C30H31N3O4S. The normalized spacial score (nSPS) is 14.0. The van der Waals surface area contributed by atoms with E-state index in [9.17, 15) is 9.59 Å². The van der Waals surface area contributed by atoms with Crippen LogP contribution in [0.1, 0.15) is 53.6 Å². The standard InChI is InChI=1S/C30H31N3O4S/c1-2-31-28(34)20-14-15-26(27(16-20)36-17-19-8-7-9-19)32-29(38)33-30(35)37-18-25-23-12-5-3-10-21(23)22-11-4-6-13-24(22)25/h3-6,10-16,19,25H,2,7-9,17-18H2,1H3,(H,31,34)(H2,32,33,35,38). The summed E-state index contributed by atoms with van der Waals surface area (Å²) in [5, 5.41) is 8.50. The molecule has 8 heteroatoms. The Hall–Kier alpha value is -3.91. The molecule has 0 aromatic heterocycles. The van der Waals surface area contributed by atoms with Crippen molar-refractivity contribution in [3.05, 3.63) is 83.4 Å². The van der Waals surface area contributed by atoms with Gasteiger partial charge in [0.2, 0.25) is 0 Å². The molecule has 1 saturated carbocycles. The number of amides is 2. The molecule has 0 spiro atoms. The van der Waals surface area contributed by atoms with E-state index >= 15 is 0 Å². The molecule has 0 atom stereocenters. The largest absolute Gasteiger partial charge is 0.491 e. The zero-order chi connectivity index (χ0) is 26.5. The highest BCUT2D eigenvalue weighted by molar-refractivity contribution is 7.80. The number of fused-ring (bicyclic) bond motifs is 3. The number of benzene rings is 3. The Kier molecular flexibility index (Phi) is 7.89. The molecule has 2 amide bonds. The van der Waals surface area contributed by atoms with E-state index in [-0.39, 0.29) is 23.5 Å². The van der Waals surface area contributed by atoms with Gasteiger partial charge in [-0.05, 0) is 78.4 Å². The van der Waals surface area contributed by atoms with Crippen molar-refractivity contribution >= 4 is 35.0 Å². The van der Waals surface area contributed by atoms with Crippen molar-refractivity contribution in [1.29, 1.82) is 0 Å². The van der Waals surface area contributed by atoms with Gasteiger partial charge in [-0.15, -0.1) is 0 Å². The molecule has 7 nitrogen and oxygen atoms in total. The number of carbonyl (C=O) groups is 2. The van der Waals surface area contributed by atoms with Gasteiger partial charge in [-0.25, -0.2) is 4.79 Å². The minimum absolute atomic E-state index is 0.0389. The van der Waals surface area contributed by atoms with E-state index in [4.69, 9.17) is 21.7 Å². The Morgan fingerprint density at radius 2 is 1.63 bits per heavy atom. The Morgan fingerprint density at radius 1 is 0.947 bits per heavy atom. The second kappa shape index (κ2) is 11.6. The van der Waals surface area contributed by atoms with E-state index < -0.39 is 6.09 Å². The van der Waals surface area contributed by atoms with Gasteiger partial charge < -0.3 is 20.1 Å². The van der Waals surface area contributed by atoms with Crippen LogP contribution in [0.25, 0.3) is 11.1 Å². The summed E-state index contributed by atoms with van der Waals surface area (Å²) in [7, 11) is 0. The van der Waals surface area contributed by atoms with Gasteiger partial charge in [-0.1, -0.05) is 55.0 Å². The van der Waals surface area contributed by atoms with Crippen molar-refractivity contribution in [1.82, 2.24) is 10.6 Å². The van der Waals surface area contributed by atoms with Crippen molar-refractivity contribution in [2.45, 2.75) is 32.1 Å². The Bertz CT molecular complexity index is 1310. The summed E-state index contributed by atoms with van der Waals surface area (Å²) in [5.41, 5.74) is 5.68. The van der Waals surface area contributed by atoms with Crippen LogP contribution in [0.2, 0.25) is 0 Å². The summed E-state index contributed by atoms with van der Waals surface area (Å²) >= 11 is 5.38. The molecule has 3 aromatic rings. The van der Waals surface area contributed by atoms with E-state index in [1.807, 2.05) is 31.2 Å². The first-order chi connectivity index (χ1) is 18.5. The minimum atomic E-state index is -0.639. The number of carbonyl (C=O) groups excluding carboxylic acids is 2. The van der Waals surface area contributed by atoms with Gasteiger partial charge in [0.05, 0.1) is 12.3 Å². The van der Waals surface area contributed by atoms with Crippen LogP contribution >= 0.6 is 12.2 Å². The van der Waals surface area contributed by atoms with Crippen molar-refractivity contribution in [2.75, 3.05) is 25.1 Å². The molecule has 1 fully saturated rings. The zero-order valence-electron chi connectivity index (χ0n) is 21.3. The number of ether oxygens (including phenoxy) is 2. The van der Waals surface area contributed by atoms with Gasteiger partial charge in [0, 0.05) is 18.0 Å². The fraction of sp³-hybridized carbons (Fsp3) is 0.300. The van der Waals surface area contributed by atoms with Crippen LogP contribution < -0.4 is 20.7 Å². The molecule has 3 N–H and O–H groups in total. The predicted molar refractivity (Wildman–Crippen MR) is 152 cm³/mol. The molecule has 2 aliphatic carbocycles. The molecule has 38 heavy (non-hydrogen) atoms. The summed E-state index contributed by atoms with van der Waals surface area (Å²) in [4.78, 5) is 25.0.